The van der Waals surface area contributed by atoms with Gasteiger partial charge in [-0.05, 0) is 70.5 Å². The van der Waals surface area contributed by atoms with Crippen molar-refractivity contribution < 1.29 is 19.2 Å². The Kier molecular flexibility index (Phi) is 16.6. The van der Waals surface area contributed by atoms with E-state index in [0.29, 0.717) is 31.1 Å². The Morgan fingerprint density at radius 2 is 1.48 bits per heavy atom. The summed E-state index contributed by atoms with van der Waals surface area (Å²) in [4.78, 5) is 55.0. The average Bonchev–Trinajstić information content (AvgIpc) is 2.96. The standard InChI is InChI=1S/C32H58N4O4/c1-4-25(2)31-32(40)36(24-30(39)35(31)3)27(16-14-15-21-33)29(38)18-13-11-9-7-5-6-8-10-12-17-28(37)26-19-22-34-23-20-26/h25-27,31,34H,4-24,33H2,1-3H3/t25?,27-,31-/m0/s1. The van der Waals surface area contributed by atoms with Crippen LogP contribution in [0, 0.1) is 11.8 Å². The second kappa shape index (κ2) is 19.3. The fraction of sp³-hybridized carbons (Fsp3) is 0.875. The van der Waals surface area contributed by atoms with Crippen molar-refractivity contribution in [1.82, 2.24) is 15.1 Å². The molecular weight excluding hydrogens is 504 g/mol. The zero-order valence-corrected chi connectivity index (χ0v) is 25.8. The van der Waals surface area contributed by atoms with E-state index in [-0.39, 0.29) is 30.1 Å². The number of piperazine rings is 1. The van der Waals surface area contributed by atoms with E-state index in [1.807, 2.05) is 13.8 Å². The minimum atomic E-state index is -0.523. The van der Waals surface area contributed by atoms with Gasteiger partial charge in [-0.25, -0.2) is 0 Å². The predicted molar refractivity (Wildman–Crippen MR) is 161 cm³/mol. The smallest absolute Gasteiger partial charge is 0.246 e. The second-order valence-electron chi connectivity index (χ2n) is 12.2. The highest BCUT2D eigenvalue weighted by molar-refractivity contribution is 5.98. The van der Waals surface area contributed by atoms with Gasteiger partial charge >= 0.3 is 0 Å². The van der Waals surface area contributed by atoms with Gasteiger partial charge in [0.05, 0.1) is 6.04 Å². The van der Waals surface area contributed by atoms with Gasteiger partial charge in [0.25, 0.3) is 0 Å². The molecule has 1 unspecified atom stereocenters. The van der Waals surface area contributed by atoms with E-state index in [9.17, 15) is 19.2 Å². The van der Waals surface area contributed by atoms with Gasteiger partial charge in [-0.2, -0.15) is 0 Å². The van der Waals surface area contributed by atoms with E-state index in [0.717, 1.165) is 83.7 Å². The van der Waals surface area contributed by atoms with Crippen LogP contribution in [0.4, 0.5) is 0 Å². The molecule has 40 heavy (non-hydrogen) atoms. The van der Waals surface area contributed by atoms with E-state index < -0.39 is 12.1 Å². The van der Waals surface area contributed by atoms with Crippen molar-refractivity contribution in [3.05, 3.63) is 0 Å². The molecule has 0 spiro atoms. The molecular formula is C32H58N4O4. The molecule has 0 radical (unpaired) electrons. The number of rotatable bonds is 21. The predicted octanol–water partition coefficient (Wildman–Crippen LogP) is 4.63. The fourth-order valence-corrected chi connectivity index (χ4v) is 6.26. The van der Waals surface area contributed by atoms with Crippen molar-refractivity contribution in [2.75, 3.05) is 33.2 Å². The number of likely N-dealkylation sites (N-methyl/N-ethyl adjacent to an activating group) is 1. The number of amides is 2. The molecule has 0 aromatic rings. The minimum Gasteiger partial charge on any atom is -0.332 e. The third-order valence-corrected chi connectivity index (χ3v) is 9.16. The summed E-state index contributed by atoms with van der Waals surface area (Å²) in [7, 11) is 1.71. The summed E-state index contributed by atoms with van der Waals surface area (Å²) in [6.45, 7) is 6.54. The molecule has 0 bridgehead atoms. The third kappa shape index (κ3) is 11.2. The molecule has 2 aliphatic heterocycles. The molecule has 8 nitrogen and oxygen atoms in total. The van der Waals surface area contributed by atoms with Gasteiger partial charge in [0.15, 0.2) is 5.78 Å². The summed E-state index contributed by atoms with van der Waals surface area (Å²) in [6.07, 6.45) is 16.1. The van der Waals surface area contributed by atoms with Crippen LogP contribution in [0.15, 0.2) is 0 Å². The maximum absolute atomic E-state index is 13.4. The summed E-state index contributed by atoms with van der Waals surface area (Å²) in [5.74, 6) is 0.723. The molecule has 2 heterocycles. The zero-order valence-electron chi connectivity index (χ0n) is 25.8. The number of Topliss-reactive ketones (excluding diaryl/α,β-unsaturated/α-hetero) is 2. The highest BCUT2D eigenvalue weighted by atomic mass is 16.2. The van der Waals surface area contributed by atoms with Crippen LogP contribution in [-0.2, 0) is 19.2 Å². The molecule has 2 fully saturated rings. The Bertz CT molecular complexity index is 783. The normalized spacial score (nSPS) is 20.1. The highest BCUT2D eigenvalue weighted by Gasteiger charge is 2.43. The van der Waals surface area contributed by atoms with Gasteiger partial charge in [-0.15, -0.1) is 0 Å². The molecule has 0 aliphatic carbocycles. The number of piperidine rings is 1. The maximum Gasteiger partial charge on any atom is 0.246 e. The van der Waals surface area contributed by atoms with E-state index in [1.165, 1.54) is 25.7 Å². The lowest BCUT2D eigenvalue weighted by Crippen LogP contribution is -2.63. The molecule has 230 valence electrons. The van der Waals surface area contributed by atoms with Crippen LogP contribution in [0.25, 0.3) is 0 Å². The molecule has 0 aromatic carbocycles. The first-order valence-electron chi connectivity index (χ1n) is 16.3. The first kappa shape index (κ1) is 34.4. The number of carbonyl (C=O) groups is 4. The molecule has 0 aromatic heterocycles. The lowest BCUT2D eigenvalue weighted by atomic mass is 9.90. The molecule has 2 aliphatic rings. The van der Waals surface area contributed by atoms with Gasteiger partial charge in [-0.1, -0.05) is 65.2 Å². The van der Waals surface area contributed by atoms with Crippen LogP contribution in [0.3, 0.4) is 0 Å². The molecule has 3 N–H and O–H groups in total. The average molecular weight is 563 g/mol. The van der Waals surface area contributed by atoms with Gasteiger partial charge in [0.2, 0.25) is 11.8 Å². The SMILES string of the molecule is CCC(C)[C@H]1C(=O)N([C@@H](CCCCN)C(=O)CCCCCCCCCCCC(=O)C2CCNCC2)CC(=O)N1C. The molecule has 2 amide bonds. The lowest BCUT2D eigenvalue weighted by molar-refractivity contribution is -0.160. The van der Waals surface area contributed by atoms with Crippen molar-refractivity contribution in [2.24, 2.45) is 17.6 Å². The van der Waals surface area contributed by atoms with Crippen molar-refractivity contribution in [3.63, 3.8) is 0 Å². The van der Waals surface area contributed by atoms with E-state index in [2.05, 4.69) is 5.32 Å². The molecule has 0 saturated carbocycles. The molecule has 2 rings (SSSR count). The summed E-state index contributed by atoms with van der Waals surface area (Å²) >= 11 is 0. The zero-order chi connectivity index (χ0) is 29.3. The van der Waals surface area contributed by atoms with Crippen LogP contribution < -0.4 is 11.1 Å². The Labute approximate surface area is 243 Å². The van der Waals surface area contributed by atoms with Crippen molar-refractivity contribution in [3.8, 4) is 0 Å². The van der Waals surface area contributed by atoms with E-state index >= 15 is 0 Å². The van der Waals surface area contributed by atoms with Crippen LogP contribution >= 0.6 is 0 Å². The first-order valence-corrected chi connectivity index (χ1v) is 16.3. The number of unbranched alkanes of at least 4 members (excludes halogenated alkanes) is 9. The van der Waals surface area contributed by atoms with Gasteiger partial charge in [-0.3, -0.25) is 19.2 Å². The van der Waals surface area contributed by atoms with Crippen LogP contribution in [0.5, 0.6) is 0 Å². The Morgan fingerprint density at radius 1 is 0.900 bits per heavy atom. The quantitative estimate of drug-likeness (QED) is 0.197. The number of nitrogens with zero attached hydrogens (tertiary/aromatic N) is 2. The fourth-order valence-electron chi connectivity index (χ4n) is 6.26. The van der Waals surface area contributed by atoms with Crippen LogP contribution in [-0.4, -0.2) is 78.5 Å². The Hall–Kier alpha value is -1.80. The van der Waals surface area contributed by atoms with Crippen LogP contribution in [0.1, 0.15) is 123 Å². The number of nitrogens with two attached hydrogens (primary N) is 1. The Morgan fingerprint density at radius 3 is 2.05 bits per heavy atom. The first-order chi connectivity index (χ1) is 19.3. The molecule has 8 heteroatoms. The van der Waals surface area contributed by atoms with Gasteiger partial charge in [0.1, 0.15) is 18.4 Å². The van der Waals surface area contributed by atoms with E-state index in [4.69, 9.17) is 5.73 Å². The van der Waals surface area contributed by atoms with Crippen LogP contribution in [0.2, 0.25) is 0 Å². The largest absolute Gasteiger partial charge is 0.332 e. The number of hydrogen-bond acceptors (Lipinski definition) is 6. The van der Waals surface area contributed by atoms with Gasteiger partial charge < -0.3 is 20.9 Å². The number of carbonyl (C=O) groups excluding carboxylic acids is 4. The topological polar surface area (TPSA) is 113 Å². The second-order valence-corrected chi connectivity index (χ2v) is 12.2. The summed E-state index contributed by atoms with van der Waals surface area (Å²) < 4.78 is 0. The number of nitrogens with one attached hydrogen (secondary N) is 1. The van der Waals surface area contributed by atoms with Gasteiger partial charge in [0, 0.05) is 25.8 Å². The van der Waals surface area contributed by atoms with E-state index in [1.54, 1.807) is 16.8 Å². The lowest BCUT2D eigenvalue weighted by Gasteiger charge is -2.43. The Balaban J connectivity index is 1.66. The summed E-state index contributed by atoms with van der Waals surface area (Å²) in [6, 6.07) is -1.02. The maximum atomic E-state index is 13.4. The molecule has 3 atom stereocenters. The number of hydrogen-bond donors (Lipinski definition) is 2. The van der Waals surface area contributed by atoms with Crippen molar-refractivity contribution in [1.29, 1.82) is 0 Å². The molecule has 2 saturated heterocycles. The van der Waals surface area contributed by atoms with Crippen molar-refractivity contribution in [2.45, 2.75) is 135 Å². The monoisotopic (exact) mass is 562 g/mol. The summed E-state index contributed by atoms with van der Waals surface area (Å²) in [5, 5.41) is 3.32. The third-order valence-electron chi connectivity index (χ3n) is 9.16. The number of ketones is 2. The minimum absolute atomic E-state index is 0.00643. The summed E-state index contributed by atoms with van der Waals surface area (Å²) in [5.41, 5.74) is 5.69. The highest BCUT2D eigenvalue weighted by Crippen LogP contribution is 2.25. The van der Waals surface area contributed by atoms with Crippen molar-refractivity contribution >= 4 is 23.4 Å².